The van der Waals surface area contributed by atoms with Crippen molar-refractivity contribution < 1.29 is 28.8 Å². The average Bonchev–Trinajstić information content (AvgIpc) is 3.65. The van der Waals surface area contributed by atoms with Crippen LogP contribution in [-0.2, 0) is 28.8 Å². The molecule has 8 atom stereocenters. The van der Waals surface area contributed by atoms with Gasteiger partial charge >= 0.3 is 0 Å². The van der Waals surface area contributed by atoms with E-state index in [-0.39, 0.29) is 83.8 Å². The van der Waals surface area contributed by atoms with Crippen LogP contribution in [0.4, 0.5) is 0 Å². The fourth-order valence-electron chi connectivity index (χ4n) is 6.96. The minimum Gasteiger partial charge on any atom is -0.273 e. The number of allylic oxidation sites excluding steroid dienone is 4. The standard InChI is InChI=1S/C24H26N4O6/c29-15(25-27-21(31)17-11-5-6-12(9-11)18(17)22(27)32)3-1-2-4-16(30)26-28-23(33)19-13-7-8-14(10-13)20(19)24(28)34/h5-8,11-14,17-20H,1-4,9-10H2,(H,25,29)(H,26,30). The van der Waals surface area contributed by atoms with Gasteiger partial charge in [-0.25, -0.2) is 0 Å². The predicted octanol–water partition coefficient (Wildman–Crippen LogP) is 0.223. The molecule has 0 spiro atoms. The van der Waals surface area contributed by atoms with E-state index in [2.05, 4.69) is 10.9 Å². The molecule has 2 heterocycles. The third-order valence-corrected chi connectivity index (χ3v) is 8.47. The second kappa shape index (κ2) is 7.61. The Bertz CT molecular complexity index is 937. The Morgan fingerprint density at radius 2 is 0.912 bits per heavy atom. The van der Waals surface area contributed by atoms with Crippen molar-refractivity contribution in [3.63, 3.8) is 0 Å². The lowest BCUT2D eigenvalue weighted by Gasteiger charge is -2.18. The lowest BCUT2D eigenvalue weighted by molar-refractivity contribution is -0.150. The molecule has 0 aromatic heterocycles. The van der Waals surface area contributed by atoms with Gasteiger partial charge in [0.15, 0.2) is 0 Å². The van der Waals surface area contributed by atoms with Crippen molar-refractivity contribution in [3.8, 4) is 0 Å². The first-order valence-corrected chi connectivity index (χ1v) is 12.1. The average molecular weight is 466 g/mol. The zero-order valence-electron chi connectivity index (χ0n) is 18.5. The zero-order valence-corrected chi connectivity index (χ0v) is 18.5. The Morgan fingerprint density at radius 3 is 1.21 bits per heavy atom. The van der Waals surface area contributed by atoms with Gasteiger partial charge < -0.3 is 0 Å². The van der Waals surface area contributed by atoms with Crippen LogP contribution in [0.1, 0.15) is 38.5 Å². The van der Waals surface area contributed by atoms with Gasteiger partial charge in [-0.1, -0.05) is 24.3 Å². The highest BCUT2D eigenvalue weighted by Gasteiger charge is 2.61. The monoisotopic (exact) mass is 466 g/mol. The van der Waals surface area contributed by atoms with Gasteiger partial charge in [-0.3, -0.25) is 39.6 Å². The topological polar surface area (TPSA) is 133 Å². The van der Waals surface area contributed by atoms with Gasteiger partial charge in [-0.15, -0.1) is 0 Å². The summed E-state index contributed by atoms with van der Waals surface area (Å²) in [5, 5.41) is 1.75. The number of hydrogen-bond acceptors (Lipinski definition) is 6. The molecular formula is C24H26N4O6. The number of rotatable bonds is 7. The minimum atomic E-state index is -0.455. The number of hydrogen-bond donors (Lipinski definition) is 2. The first-order chi connectivity index (χ1) is 16.3. The molecule has 10 heteroatoms. The molecule has 6 rings (SSSR count). The second-order valence-corrected chi connectivity index (χ2v) is 10.3. The highest BCUT2D eigenvalue weighted by molar-refractivity contribution is 6.08. The highest BCUT2D eigenvalue weighted by atomic mass is 16.2. The summed E-state index contributed by atoms with van der Waals surface area (Å²) in [5.41, 5.74) is 4.87. The molecule has 0 radical (unpaired) electrons. The molecule has 8 unspecified atom stereocenters. The summed E-state index contributed by atoms with van der Waals surface area (Å²) in [5.74, 6) is -3.44. The summed E-state index contributed by atoms with van der Waals surface area (Å²) < 4.78 is 0. The number of imide groups is 2. The maximum absolute atomic E-state index is 12.6. The van der Waals surface area contributed by atoms with Gasteiger partial charge in [0.25, 0.3) is 23.6 Å². The van der Waals surface area contributed by atoms with E-state index in [0.29, 0.717) is 12.8 Å². The first kappa shape index (κ1) is 21.2. The number of carbonyl (C=O) groups excluding carboxylic acids is 6. The number of hydrazine groups is 2. The molecule has 2 aliphatic heterocycles. The molecule has 2 saturated carbocycles. The third kappa shape index (κ3) is 3.00. The Labute approximate surface area is 195 Å². The van der Waals surface area contributed by atoms with Crippen LogP contribution in [0.25, 0.3) is 0 Å². The summed E-state index contributed by atoms with van der Waals surface area (Å²) in [6, 6.07) is 0. The van der Waals surface area contributed by atoms with Crippen molar-refractivity contribution in [1.82, 2.24) is 20.9 Å². The molecular weight excluding hydrogens is 440 g/mol. The molecule has 0 aromatic rings. The Balaban J connectivity index is 0.939. The van der Waals surface area contributed by atoms with Crippen LogP contribution in [0.5, 0.6) is 0 Å². The van der Waals surface area contributed by atoms with E-state index in [1.54, 1.807) is 0 Å². The number of carbonyl (C=O) groups is 6. The third-order valence-electron chi connectivity index (χ3n) is 8.47. The fraction of sp³-hybridized carbons (Fsp3) is 0.583. The van der Waals surface area contributed by atoms with Crippen molar-refractivity contribution >= 4 is 35.4 Å². The molecule has 2 N–H and O–H groups in total. The lowest BCUT2D eigenvalue weighted by atomic mass is 9.85. The van der Waals surface area contributed by atoms with Crippen molar-refractivity contribution in [2.45, 2.75) is 38.5 Å². The highest BCUT2D eigenvalue weighted by Crippen LogP contribution is 2.53. The largest absolute Gasteiger partial charge is 0.273 e. The van der Waals surface area contributed by atoms with E-state index in [9.17, 15) is 28.8 Å². The molecule has 178 valence electrons. The predicted molar refractivity (Wildman–Crippen MR) is 114 cm³/mol. The molecule has 4 aliphatic carbocycles. The van der Waals surface area contributed by atoms with Gasteiger partial charge in [0, 0.05) is 12.8 Å². The van der Waals surface area contributed by atoms with E-state index in [0.717, 1.165) is 22.9 Å². The quantitative estimate of drug-likeness (QED) is 0.313. The number of nitrogens with one attached hydrogen (secondary N) is 2. The SMILES string of the molecule is O=C(CCCCC(=O)NN1C(=O)C2C3C=CC(C3)C2C1=O)NN1C(=O)C2C3C=CC(C3)C2C1=O. The van der Waals surface area contributed by atoms with E-state index in [1.165, 1.54) is 0 Å². The van der Waals surface area contributed by atoms with Crippen LogP contribution in [-0.4, -0.2) is 45.5 Å². The Hall–Kier alpha value is -3.30. The van der Waals surface area contributed by atoms with Gasteiger partial charge in [0.05, 0.1) is 23.7 Å². The Morgan fingerprint density at radius 1 is 0.618 bits per heavy atom. The van der Waals surface area contributed by atoms with E-state index < -0.39 is 11.8 Å². The van der Waals surface area contributed by atoms with Crippen LogP contribution < -0.4 is 10.9 Å². The molecule has 6 aliphatic rings. The number of fused-ring (bicyclic) bond motifs is 10. The van der Waals surface area contributed by atoms with E-state index in [4.69, 9.17) is 0 Å². The number of nitrogens with zero attached hydrogens (tertiary/aromatic N) is 2. The summed E-state index contributed by atoms with van der Waals surface area (Å²) in [6.45, 7) is 0. The van der Waals surface area contributed by atoms with Crippen molar-refractivity contribution in [2.75, 3.05) is 0 Å². The molecule has 6 amide bonds. The fourth-order valence-corrected chi connectivity index (χ4v) is 6.96. The van der Waals surface area contributed by atoms with Crippen LogP contribution in [0.15, 0.2) is 24.3 Å². The van der Waals surface area contributed by atoms with Crippen molar-refractivity contribution in [3.05, 3.63) is 24.3 Å². The van der Waals surface area contributed by atoms with Gasteiger partial charge in [0.2, 0.25) is 11.8 Å². The van der Waals surface area contributed by atoms with Gasteiger partial charge in [-0.05, 0) is 49.4 Å². The number of amides is 6. The summed E-state index contributed by atoms with van der Waals surface area (Å²) >= 11 is 0. The molecule has 4 fully saturated rings. The van der Waals surface area contributed by atoms with Crippen LogP contribution in [0.3, 0.4) is 0 Å². The normalized spacial score (nSPS) is 38.4. The Kier molecular flexibility index (Phi) is 4.76. The smallest absolute Gasteiger partial charge is 0.252 e. The molecule has 4 bridgehead atoms. The van der Waals surface area contributed by atoms with Crippen LogP contribution >= 0.6 is 0 Å². The van der Waals surface area contributed by atoms with Gasteiger partial charge in [0.1, 0.15) is 0 Å². The molecule has 2 saturated heterocycles. The van der Waals surface area contributed by atoms with Crippen LogP contribution in [0.2, 0.25) is 0 Å². The maximum atomic E-state index is 12.6. The second-order valence-electron chi connectivity index (χ2n) is 10.3. The summed E-state index contributed by atoms with van der Waals surface area (Å²) in [7, 11) is 0. The van der Waals surface area contributed by atoms with Crippen molar-refractivity contribution in [2.24, 2.45) is 47.3 Å². The lowest BCUT2D eigenvalue weighted by Crippen LogP contribution is -2.47. The molecule has 34 heavy (non-hydrogen) atoms. The molecule has 0 aromatic carbocycles. The summed E-state index contributed by atoms with van der Waals surface area (Å²) in [4.78, 5) is 75.1. The van der Waals surface area contributed by atoms with Crippen molar-refractivity contribution in [1.29, 1.82) is 0 Å². The first-order valence-electron chi connectivity index (χ1n) is 12.1. The van der Waals surface area contributed by atoms with Crippen LogP contribution in [0, 0.1) is 47.3 Å². The number of unbranched alkanes of at least 4 members (excludes halogenated alkanes) is 1. The van der Waals surface area contributed by atoms with E-state index in [1.807, 2.05) is 24.3 Å². The summed E-state index contributed by atoms with van der Waals surface area (Å²) in [6.07, 6.45) is 10.4. The zero-order chi connectivity index (χ0) is 23.7. The minimum absolute atomic E-state index is 0.0472. The van der Waals surface area contributed by atoms with E-state index >= 15 is 0 Å². The van der Waals surface area contributed by atoms with Gasteiger partial charge in [-0.2, -0.15) is 10.0 Å². The molecule has 10 nitrogen and oxygen atoms in total. The maximum Gasteiger partial charge on any atom is 0.252 e.